The summed E-state index contributed by atoms with van der Waals surface area (Å²) in [5.74, 6) is -0.249. The molecular formula is C19H18N8O3S. The molecule has 5 N–H and O–H groups in total. The molecule has 0 spiro atoms. The van der Waals surface area contributed by atoms with Crippen molar-refractivity contribution in [2.45, 2.75) is 13.0 Å². The molecule has 0 aromatic carbocycles. The van der Waals surface area contributed by atoms with Gasteiger partial charge in [0.15, 0.2) is 0 Å². The Labute approximate surface area is 180 Å². The van der Waals surface area contributed by atoms with Gasteiger partial charge in [-0.15, -0.1) is 0 Å². The van der Waals surface area contributed by atoms with Crippen molar-refractivity contribution in [2.75, 3.05) is 11.9 Å². The highest BCUT2D eigenvalue weighted by Crippen LogP contribution is 2.31. The van der Waals surface area contributed by atoms with Crippen LogP contribution in [0, 0.1) is 5.41 Å². The molecule has 0 fully saturated rings. The van der Waals surface area contributed by atoms with Crippen molar-refractivity contribution < 1.29 is 15.0 Å². The Morgan fingerprint density at radius 2 is 2.13 bits per heavy atom. The van der Waals surface area contributed by atoms with E-state index >= 15 is 0 Å². The number of pyridine rings is 1. The average Bonchev–Trinajstić information content (AvgIpc) is 3.37. The Hall–Kier alpha value is -3.90. The summed E-state index contributed by atoms with van der Waals surface area (Å²) in [7, 11) is 0. The van der Waals surface area contributed by atoms with Gasteiger partial charge in [0.05, 0.1) is 29.4 Å². The number of carbonyl (C=O) groups excluding carboxylic acids is 1. The van der Waals surface area contributed by atoms with E-state index in [1.54, 1.807) is 37.5 Å². The molecule has 12 heteroatoms. The van der Waals surface area contributed by atoms with E-state index in [-0.39, 0.29) is 35.8 Å². The second-order valence-electron chi connectivity index (χ2n) is 6.65. The molecule has 4 aromatic heterocycles. The predicted octanol–water partition coefficient (Wildman–Crippen LogP) is 1.72. The van der Waals surface area contributed by atoms with E-state index in [9.17, 15) is 9.90 Å². The first-order chi connectivity index (χ1) is 15.0. The van der Waals surface area contributed by atoms with Crippen molar-refractivity contribution in [1.29, 1.82) is 5.41 Å². The van der Waals surface area contributed by atoms with Crippen LogP contribution in [0.2, 0.25) is 0 Å². The zero-order valence-corrected chi connectivity index (χ0v) is 17.1. The van der Waals surface area contributed by atoms with Crippen LogP contribution < -0.4 is 10.6 Å². The number of carbonyl (C=O) groups is 1. The first-order valence-corrected chi connectivity index (χ1v) is 9.95. The number of hydrogen-bond donors (Lipinski definition) is 5. The van der Waals surface area contributed by atoms with E-state index in [0.29, 0.717) is 27.4 Å². The molecular weight excluding hydrogens is 420 g/mol. The molecule has 0 amide bonds. The topological polar surface area (TPSA) is 162 Å². The van der Waals surface area contributed by atoms with Crippen LogP contribution in [0.3, 0.4) is 0 Å². The number of hydrogen-bond acceptors (Lipinski definition) is 10. The highest BCUT2D eigenvalue weighted by atomic mass is 32.1. The first-order valence-electron chi connectivity index (χ1n) is 9.17. The molecule has 0 aliphatic carbocycles. The number of aromatic hydroxyl groups is 1. The van der Waals surface area contributed by atoms with Gasteiger partial charge < -0.3 is 20.8 Å². The maximum atomic E-state index is 12.8. The number of nitrogens with zero attached hydrogens (tertiary/aromatic N) is 5. The van der Waals surface area contributed by atoms with Gasteiger partial charge in [0.1, 0.15) is 28.5 Å². The van der Waals surface area contributed by atoms with Crippen LogP contribution in [-0.4, -0.2) is 58.5 Å². The van der Waals surface area contributed by atoms with Gasteiger partial charge in [0.25, 0.3) is 5.91 Å². The highest BCUT2D eigenvalue weighted by Gasteiger charge is 2.20. The SMILES string of the molecule is CC(CO)NC(=N)c1c(O)nsc1Nc1ccc(C(=O)n2ccc3ncncc32)cn1. The van der Waals surface area contributed by atoms with E-state index in [0.717, 1.165) is 11.5 Å². The fourth-order valence-corrected chi connectivity index (χ4v) is 3.56. The number of aliphatic hydroxyl groups is 1. The van der Waals surface area contributed by atoms with E-state index in [1.807, 2.05) is 0 Å². The smallest absolute Gasteiger partial charge is 0.264 e. The minimum atomic E-state index is -0.363. The summed E-state index contributed by atoms with van der Waals surface area (Å²) in [6.45, 7) is 1.54. The van der Waals surface area contributed by atoms with Crippen molar-refractivity contribution in [3.63, 3.8) is 0 Å². The minimum absolute atomic E-state index is 0.0798. The molecule has 0 bridgehead atoms. The van der Waals surface area contributed by atoms with Gasteiger partial charge in [-0.1, -0.05) is 0 Å². The third-order valence-corrected chi connectivity index (χ3v) is 5.18. The zero-order chi connectivity index (χ0) is 22.0. The number of rotatable bonds is 6. The van der Waals surface area contributed by atoms with Gasteiger partial charge in [-0.25, -0.2) is 15.0 Å². The lowest BCUT2D eigenvalue weighted by atomic mass is 10.2. The predicted molar refractivity (Wildman–Crippen MR) is 115 cm³/mol. The molecule has 1 unspecified atom stereocenters. The normalized spacial score (nSPS) is 11.9. The van der Waals surface area contributed by atoms with Crippen LogP contribution in [0.5, 0.6) is 5.88 Å². The van der Waals surface area contributed by atoms with Crippen molar-refractivity contribution >= 4 is 45.1 Å². The lowest BCUT2D eigenvalue weighted by Gasteiger charge is -2.14. The molecule has 0 aliphatic heterocycles. The molecule has 4 heterocycles. The summed E-state index contributed by atoms with van der Waals surface area (Å²) in [6.07, 6.45) is 6.05. The first kappa shape index (κ1) is 20.4. The fraction of sp³-hybridized carbons (Fsp3) is 0.158. The molecule has 31 heavy (non-hydrogen) atoms. The molecule has 0 saturated heterocycles. The summed E-state index contributed by atoms with van der Waals surface area (Å²) < 4.78 is 5.32. The average molecular weight is 438 g/mol. The van der Waals surface area contributed by atoms with Crippen molar-refractivity contribution in [3.8, 4) is 5.88 Å². The van der Waals surface area contributed by atoms with E-state index < -0.39 is 0 Å². The van der Waals surface area contributed by atoms with Crippen LogP contribution in [0.1, 0.15) is 22.8 Å². The van der Waals surface area contributed by atoms with E-state index in [2.05, 4.69) is 30.0 Å². The molecule has 0 saturated carbocycles. The maximum absolute atomic E-state index is 12.8. The van der Waals surface area contributed by atoms with E-state index in [1.165, 1.54) is 17.1 Å². The van der Waals surface area contributed by atoms with Gasteiger partial charge in [-0.2, -0.15) is 4.37 Å². The summed E-state index contributed by atoms with van der Waals surface area (Å²) in [5.41, 5.74) is 1.80. The number of aromatic nitrogens is 5. The Morgan fingerprint density at radius 1 is 1.29 bits per heavy atom. The van der Waals surface area contributed by atoms with Gasteiger partial charge in [-0.3, -0.25) is 14.8 Å². The van der Waals surface area contributed by atoms with Crippen LogP contribution in [0.25, 0.3) is 11.0 Å². The van der Waals surface area contributed by atoms with Gasteiger partial charge in [0.2, 0.25) is 5.88 Å². The third kappa shape index (κ3) is 4.06. The third-order valence-electron chi connectivity index (χ3n) is 4.42. The lowest BCUT2D eigenvalue weighted by Crippen LogP contribution is -2.35. The summed E-state index contributed by atoms with van der Waals surface area (Å²) in [4.78, 5) is 25.2. The molecule has 1 atom stereocenters. The van der Waals surface area contributed by atoms with Crippen molar-refractivity contribution in [2.24, 2.45) is 0 Å². The van der Waals surface area contributed by atoms with Crippen molar-refractivity contribution in [1.82, 2.24) is 29.2 Å². The number of nitrogens with one attached hydrogen (secondary N) is 3. The fourth-order valence-electron chi connectivity index (χ4n) is 2.85. The Kier molecular flexibility index (Phi) is 5.56. The van der Waals surface area contributed by atoms with Gasteiger partial charge >= 0.3 is 0 Å². The Balaban J connectivity index is 1.53. The summed E-state index contributed by atoms with van der Waals surface area (Å²) >= 11 is 0.965. The second-order valence-corrected chi connectivity index (χ2v) is 7.43. The molecule has 4 rings (SSSR count). The molecule has 11 nitrogen and oxygen atoms in total. The monoisotopic (exact) mass is 438 g/mol. The summed E-state index contributed by atoms with van der Waals surface area (Å²) in [6, 6.07) is 4.60. The molecule has 0 radical (unpaired) electrons. The van der Waals surface area contributed by atoms with Crippen LogP contribution >= 0.6 is 11.5 Å². The largest absolute Gasteiger partial charge is 0.492 e. The van der Waals surface area contributed by atoms with Gasteiger partial charge in [0, 0.05) is 18.4 Å². The van der Waals surface area contributed by atoms with Crippen LogP contribution in [0.4, 0.5) is 10.8 Å². The molecule has 158 valence electrons. The highest BCUT2D eigenvalue weighted by molar-refractivity contribution is 7.11. The maximum Gasteiger partial charge on any atom is 0.264 e. The second kappa shape index (κ2) is 8.45. The lowest BCUT2D eigenvalue weighted by molar-refractivity contribution is 0.0964. The van der Waals surface area contributed by atoms with Crippen LogP contribution in [0.15, 0.2) is 43.1 Å². The van der Waals surface area contributed by atoms with Crippen LogP contribution in [-0.2, 0) is 0 Å². The van der Waals surface area contributed by atoms with E-state index in [4.69, 9.17) is 10.5 Å². The number of fused-ring (bicyclic) bond motifs is 1. The minimum Gasteiger partial charge on any atom is -0.492 e. The Morgan fingerprint density at radius 3 is 2.87 bits per heavy atom. The number of aliphatic hydroxyl groups excluding tert-OH is 1. The molecule has 0 aliphatic rings. The number of amidine groups is 1. The van der Waals surface area contributed by atoms with Crippen molar-refractivity contribution in [3.05, 3.63) is 54.2 Å². The standard InChI is InChI=1S/C19H18N8O3S/c1-10(8-28)24-16(20)15-17(29)26-31-18(15)25-14-3-2-11(6-22-14)19(30)27-5-4-12-13(27)7-21-9-23-12/h2-7,9-10,28H,8H2,1H3,(H2,20,24)(H,22,25)(H,26,29). The zero-order valence-electron chi connectivity index (χ0n) is 16.3. The molecule has 4 aromatic rings. The quantitative estimate of drug-likeness (QED) is 0.223. The summed E-state index contributed by atoms with van der Waals surface area (Å²) in [5, 5.41) is 33.5. The Bertz CT molecular complexity index is 1250. The number of anilines is 2. The van der Waals surface area contributed by atoms with Gasteiger partial charge in [-0.05, 0) is 36.7 Å².